The molecule has 1 N–H and O–H groups in total. The predicted octanol–water partition coefficient (Wildman–Crippen LogP) is 3.29. The molecule has 0 fully saturated rings. The normalized spacial score (nSPS) is 13.2. The van der Waals surface area contributed by atoms with E-state index in [4.69, 9.17) is 9.52 Å². The van der Waals surface area contributed by atoms with Crippen LogP contribution >= 0.6 is 0 Å². The van der Waals surface area contributed by atoms with Gasteiger partial charge in [-0.05, 0) is 24.1 Å². The zero-order chi connectivity index (χ0) is 12.6. The molecule has 1 unspecified atom stereocenters. The minimum Gasteiger partial charge on any atom is -0.478 e. The van der Waals surface area contributed by atoms with E-state index in [1.54, 1.807) is 6.07 Å². The topological polar surface area (TPSA) is 63.3 Å². The third-order valence-electron chi connectivity index (χ3n) is 3.04. The number of fused-ring (bicyclic) bond motifs is 1. The Labute approximate surface area is 99.3 Å². The maximum atomic E-state index is 10.8. The molecular formula is C13H15NO3. The van der Waals surface area contributed by atoms with Crippen molar-refractivity contribution in [3.05, 3.63) is 29.7 Å². The molecule has 4 nitrogen and oxygen atoms in total. The zero-order valence-corrected chi connectivity index (χ0v) is 10.1. The summed E-state index contributed by atoms with van der Waals surface area (Å²) in [6.07, 6.45) is 0. The lowest BCUT2D eigenvalue weighted by molar-refractivity contribution is 0.0697. The number of carboxylic acid groups (broad SMARTS) is 1. The van der Waals surface area contributed by atoms with Crippen LogP contribution in [-0.2, 0) is 0 Å². The molecule has 1 aromatic carbocycles. The minimum atomic E-state index is -0.957. The van der Waals surface area contributed by atoms with E-state index in [1.165, 1.54) is 12.1 Å². The summed E-state index contributed by atoms with van der Waals surface area (Å²) in [7, 11) is 0. The second kappa shape index (κ2) is 4.20. The summed E-state index contributed by atoms with van der Waals surface area (Å²) in [6, 6.07) is 4.73. The highest BCUT2D eigenvalue weighted by atomic mass is 16.4. The van der Waals surface area contributed by atoms with E-state index in [9.17, 15) is 4.79 Å². The van der Waals surface area contributed by atoms with Crippen molar-refractivity contribution in [2.24, 2.45) is 5.92 Å². The van der Waals surface area contributed by atoms with E-state index in [0.29, 0.717) is 22.9 Å². The quantitative estimate of drug-likeness (QED) is 0.883. The van der Waals surface area contributed by atoms with E-state index < -0.39 is 5.97 Å². The monoisotopic (exact) mass is 233 g/mol. The van der Waals surface area contributed by atoms with Crippen LogP contribution in [0.4, 0.5) is 0 Å². The molecule has 1 heterocycles. The van der Waals surface area contributed by atoms with Crippen molar-refractivity contribution in [3.63, 3.8) is 0 Å². The van der Waals surface area contributed by atoms with E-state index >= 15 is 0 Å². The lowest BCUT2D eigenvalue weighted by Gasteiger charge is -2.09. The molecule has 2 rings (SSSR count). The average molecular weight is 233 g/mol. The van der Waals surface area contributed by atoms with Gasteiger partial charge in [-0.25, -0.2) is 9.78 Å². The number of aromatic nitrogens is 1. The summed E-state index contributed by atoms with van der Waals surface area (Å²) in [5, 5.41) is 8.89. The number of hydrogen-bond acceptors (Lipinski definition) is 3. The number of hydrogen-bond donors (Lipinski definition) is 1. The fourth-order valence-electron chi connectivity index (χ4n) is 1.56. The molecule has 0 radical (unpaired) electrons. The number of nitrogens with zero attached hydrogens (tertiary/aromatic N) is 1. The van der Waals surface area contributed by atoms with Crippen LogP contribution in [-0.4, -0.2) is 16.1 Å². The summed E-state index contributed by atoms with van der Waals surface area (Å²) in [5.74, 6) is 0.358. The summed E-state index contributed by atoms with van der Waals surface area (Å²) in [4.78, 5) is 15.2. The van der Waals surface area contributed by atoms with E-state index in [-0.39, 0.29) is 11.5 Å². The van der Waals surface area contributed by atoms with Crippen molar-refractivity contribution in [2.45, 2.75) is 26.7 Å². The molecule has 17 heavy (non-hydrogen) atoms. The van der Waals surface area contributed by atoms with E-state index in [1.807, 2.05) is 6.92 Å². The van der Waals surface area contributed by atoms with Crippen LogP contribution in [0.5, 0.6) is 0 Å². The molecular weight excluding hydrogens is 218 g/mol. The van der Waals surface area contributed by atoms with Crippen molar-refractivity contribution in [1.82, 2.24) is 4.98 Å². The van der Waals surface area contributed by atoms with E-state index in [2.05, 4.69) is 18.8 Å². The van der Waals surface area contributed by atoms with Crippen LogP contribution in [0.25, 0.3) is 11.1 Å². The van der Waals surface area contributed by atoms with Gasteiger partial charge in [0.25, 0.3) is 0 Å². The lowest BCUT2D eigenvalue weighted by Crippen LogP contribution is -2.01. The maximum Gasteiger partial charge on any atom is 0.335 e. The fraction of sp³-hybridized carbons (Fsp3) is 0.385. The predicted molar refractivity (Wildman–Crippen MR) is 64.2 cm³/mol. The second-order valence-corrected chi connectivity index (χ2v) is 4.57. The van der Waals surface area contributed by atoms with Gasteiger partial charge in [-0.3, -0.25) is 0 Å². The summed E-state index contributed by atoms with van der Waals surface area (Å²) in [5.41, 5.74) is 1.46. The average Bonchev–Trinajstić information content (AvgIpc) is 2.69. The molecule has 0 amide bonds. The van der Waals surface area contributed by atoms with Crippen molar-refractivity contribution in [3.8, 4) is 0 Å². The van der Waals surface area contributed by atoms with Gasteiger partial charge in [0.1, 0.15) is 5.52 Å². The Morgan fingerprint density at radius 3 is 2.65 bits per heavy atom. The molecule has 0 aliphatic carbocycles. The highest BCUT2D eigenvalue weighted by Gasteiger charge is 2.17. The SMILES string of the molecule is CC(C)C(C)c1nc2ccc(C(=O)O)cc2o1. The summed E-state index contributed by atoms with van der Waals surface area (Å²) in [6.45, 7) is 6.25. The molecule has 0 saturated heterocycles. The Kier molecular flexibility index (Phi) is 2.88. The molecule has 1 aromatic heterocycles. The van der Waals surface area contributed by atoms with Gasteiger partial charge in [0.15, 0.2) is 11.5 Å². The highest BCUT2D eigenvalue weighted by Crippen LogP contribution is 2.26. The number of aromatic carboxylic acids is 1. The van der Waals surface area contributed by atoms with Gasteiger partial charge in [-0.2, -0.15) is 0 Å². The van der Waals surface area contributed by atoms with Gasteiger partial charge in [-0.1, -0.05) is 20.8 Å². The molecule has 4 heteroatoms. The first-order chi connectivity index (χ1) is 7.99. The van der Waals surface area contributed by atoms with Gasteiger partial charge >= 0.3 is 5.97 Å². The Bertz CT molecular complexity index is 557. The first-order valence-electron chi connectivity index (χ1n) is 5.63. The van der Waals surface area contributed by atoms with Crippen molar-refractivity contribution in [2.75, 3.05) is 0 Å². The molecule has 0 bridgehead atoms. The fourth-order valence-corrected chi connectivity index (χ4v) is 1.56. The third kappa shape index (κ3) is 2.16. The Hall–Kier alpha value is -1.84. The van der Waals surface area contributed by atoms with Crippen LogP contribution in [0, 0.1) is 5.92 Å². The first kappa shape index (κ1) is 11.6. The standard InChI is InChI=1S/C13H15NO3/c1-7(2)8(3)12-14-10-5-4-9(13(15)16)6-11(10)17-12/h4-8H,1-3H3,(H,15,16). The number of benzene rings is 1. The molecule has 2 aromatic rings. The zero-order valence-electron chi connectivity index (χ0n) is 10.1. The first-order valence-corrected chi connectivity index (χ1v) is 5.63. The second-order valence-electron chi connectivity index (χ2n) is 4.57. The number of oxazole rings is 1. The van der Waals surface area contributed by atoms with Gasteiger partial charge in [0, 0.05) is 5.92 Å². The summed E-state index contributed by atoms with van der Waals surface area (Å²) >= 11 is 0. The largest absolute Gasteiger partial charge is 0.478 e. The van der Waals surface area contributed by atoms with Gasteiger partial charge in [-0.15, -0.1) is 0 Å². The lowest BCUT2D eigenvalue weighted by atomic mass is 9.98. The van der Waals surface area contributed by atoms with Crippen LogP contribution in [0.1, 0.15) is 42.9 Å². The van der Waals surface area contributed by atoms with Gasteiger partial charge in [0.05, 0.1) is 5.56 Å². The van der Waals surface area contributed by atoms with Crippen LogP contribution < -0.4 is 0 Å². The van der Waals surface area contributed by atoms with Crippen molar-refractivity contribution >= 4 is 17.1 Å². The van der Waals surface area contributed by atoms with Gasteiger partial charge in [0.2, 0.25) is 0 Å². The number of carboxylic acids is 1. The van der Waals surface area contributed by atoms with Crippen molar-refractivity contribution < 1.29 is 14.3 Å². The van der Waals surface area contributed by atoms with Crippen LogP contribution in [0.2, 0.25) is 0 Å². The van der Waals surface area contributed by atoms with E-state index in [0.717, 1.165) is 0 Å². The maximum absolute atomic E-state index is 10.8. The Morgan fingerprint density at radius 2 is 2.06 bits per heavy atom. The van der Waals surface area contributed by atoms with Crippen LogP contribution in [0.3, 0.4) is 0 Å². The third-order valence-corrected chi connectivity index (χ3v) is 3.04. The Balaban J connectivity index is 2.47. The highest BCUT2D eigenvalue weighted by molar-refractivity contribution is 5.91. The molecule has 0 saturated carbocycles. The van der Waals surface area contributed by atoms with Crippen LogP contribution in [0.15, 0.2) is 22.6 Å². The minimum absolute atomic E-state index is 0.218. The molecule has 1 atom stereocenters. The molecule has 0 aliphatic heterocycles. The van der Waals surface area contributed by atoms with Crippen molar-refractivity contribution in [1.29, 1.82) is 0 Å². The molecule has 0 aliphatic rings. The number of rotatable bonds is 3. The summed E-state index contributed by atoms with van der Waals surface area (Å²) < 4.78 is 5.61. The Morgan fingerprint density at radius 1 is 1.35 bits per heavy atom. The molecule has 0 spiro atoms. The number of carbonyl (C=O) groups is 1. The smallest absolute Gasteiger partial charge is 0.335 e. The molecule has 90 valence electrons. The van der Waals surface area contributed by atoms with Gasteiger partial charge < -0.3 is 9.52 Å².